The number of hydrogen-bond acceptors (Lipinski definition) is 3. The van der Waals surface area contributed by atoms with E-state index in [1.807, 2.05) is 91.0 Å². The van der Waals surface area contributed by atoms with E-state index in [4.69, 9.17) is 9.05 Å². The van der Waals surface area contributed by atoms with Gasteiger partial charge in [0.25, 0.3) is 0 Å². The van der Waals surface area contributed by atoms with Gasteiger partial charge in [-0.2, -0.15) is 0 Å². The Morgan fingerprint density at radius 3 is 1.21 bits per heavy atom. The van der Waals surface area contributed by atoms with Crippen molar-refractivity contribution in [2.75, 3.05) is 6.79 Å². The molecule has 1 aliphatic heterocycles. The van der Waals surface area contributed by atoms with E-state index in [1.54, 1.807) is 0 Å². The van der Waals surface area contributed by atoms with Crippen LogP contribution in [0.25, 0.3) is 0 Å². The van der Waals surface area contributed by atoms with Crippen molar-refractivity contribution >= 4 is 7.60 Å². The van der Waals surface area contributed by atoms with Gasteiger partial charge in [-0.15, -0.1) is 0 Å². The monoisotopic (exact) mass is 336 g/mol. The lowest BCUT2D eigenvalue weighted by Gasteiger charge is -2.44. The van der Waals surface area contributed by atoms with Crippen LogP contribution >= 0.6 is 7.60 Å². The summed E-state index contributed by atoms with van der Waals surface area (Å²) in [7, 11) is -3.40. The van der Waals surface area contributed by atoms with Crippen LogP contribution in [0, 0.1) is 0 Å². The fourth-order valence-electron chi connectivity index (χ4n) is 3.35. The molecule has 0 radical (unpaired) electrons. The van der Waals surface area contributed by atoms with Gasteiger partial charge < -0.3 is 0 Å². The molecule has 1 saturated heterocycles. The van der Waals surface area contributed by atoms with Gasteiger partial charge in [-0.05, 0) is 16.7 Å². The van der Waals surface area contributed by atoms with E-state index in [0.29, 0.717) is 0 Å². The van der Waals surface area contributed by atoms with Gasteiger partial charge in [-0.25, -0.2) is 0 Å². The highest BCUT2D eigenvalue weighted by Gasteiger charge is 2.58. The lowest BCUT2D eigenvalue weighted by Crippen LogP contribution is -2.35. The molecule has 0 N–H and O–H groups in total. The molecule has 0 bridgehead atoms. The molecule has 4 heteroatoms. The molecule has 3 aromatic rings. The molecule has 0 saturated carbocycles. The van der Waals surface area contributed by atoms with E-state index in [2.05, 4.69) is 0 Å². The maximum Gasteiger partial charge on any atom is 0.354 e. The van der Waals surface area contributed by atoms with E-state index < -0.39 is 12.8 Å². The summed E-state index contributed by atoms with van der Waals surface area (Å²) < 4.78 is 24.8. The average molecular weight is 336 g/mol. The third kappa shape index (κ3) is 2.17. The molecule has 0 aliphatic carbocycles. The van der Waals surface area contributed by atoms with E-state index in [-0.39, 0.29) is 6.79 Å². The minimum Gasteiger partial charge on any atom is -0.279 e. The minimum absolute atomic E-state index is 0.0610. The van der Waals surface area contributed by atoms with Gasteiger partial charge in [0, 0.05) is 0 Å². The standard InChI is InChI=1S/C20H17O3P/c21-24(22-16-23-24)20(17-10-4-1-5-11-17,18-12-6-2-7-13-18)19-14-8-3-9-15-19/h1-15H,16H2. The van der Waals surface area contributed by atoms with Crippen molar-refractivity contribution in [3.8, 4) is 0 Å². The van der Waals surface area contributed by atoms with Gasteiger partial charge in [0.15, 0.2) is 6.79 Å². The highest BCUT2D eigenvalue weighted by molar-refractivity contribution is 7.56. The molecule has 3 nitrogen and oxygen atoms in total. The van der Waals surface area contributed by atoms with Crippen molar-refractivity contribution in [1.29, 1.82) is 0 Å². The fourth-order valence-corrected chi connectivity index (χ4v) is 5.43. The molecule has 1 fully saturated rings. The van der Waals surface area contributed by atoms with E-state index >= 15 is 0 Å². The Morgan fingerprint density at radius 1 is 0.625 bits per heavy atom. The van der Waals surface area contributed by atoms with Crippen LogP contribution < -0.4 is 0 Å². The minimum atomic E-state index is -3.40. The summed E-state index contributed by atoms with van der Waals surface area (Å²) in [6.07, 6.45) is 0. The molecular weight excluding hydrogens is 319 g/mol. The summed E-state index contributed by atoms with van der Waals surface area (Å²) in [6.45, 7) is 0.0610. The number of hydrogen-bond donors (Lipinski definition) is 0. The summed E-state index contributed by atoms with van der Waals surface area (Å²) in [5.74, 6) is 0. The molecule has 0 atom stereocenters. The van der Waals surface area contributed by atoms with Crippen molar-refractivity contribution in [2.24, 2.45) is 0 Å². The first-order valence-corrected chi connectivity index (χ1v) is 9.37. The van der Waals surface area contributed by atoms with Crippen molar-refractivity contribution in [3.63, 3.8) is 0 Å². The van der Waals surface area contributed by atoms with Crippen LogP contribution in [0.5, 0.6) is 0 Å². The third-order valence-corrected chi connectivity index (χ3v) is 6.92. The Hall–Kier alpha value is -2.19. The molecule has 0 unspecified atom stereocenters. The van der Waals surface area contributed by atoms with E-state index in [1.165, 1.54) is 0 Å². The quantitative estimate of drug-likeness (QED) is 0.487. The summed E-state index contributed by atoms with van der Waals surface area (Å²) >= 11 is 0. The van der Waals surface area contributed by atoms with Gasteiger partial charge in [0.05, 0.1) is 0 Å². The van der Waals surface area contributed by atoms with Crippen molar-refractivity contribution in [3.05, 3.63) is 108 Å². The first kappa shape index (κ1) is 15.3. The highest BCUT2D eigenvalue weighted by Crippen LogP contribution is 2.74. The summed E-state index contributed by atoms with van der Waals surface area (Å²) in [4.78, 5) is 0. The Balaban J connectivity index is 2.10. The maximum absolute atomic E-state index is 13.6. The predicted octanol–water partition coefficient (Wildman–Crippen LogP) is 5.18. The first-order valence-electron chi connectivity index (χ1n) is 7.83. The van der Waals surface area contributed by atoms with Gasteiger partial charge in [-0.1, -0.05) is 91.0 Å². The molecule has 3 aromatic carbocycles. The van der Waals surface area contributed by atoms with Crippen LogP contribution in [-0.2, 0) is 18.8 Å². The van der Waals surface area contributed by atoms with E-state index in [0.717, 1.165) is 16.7 Å². The molecular formula is C20H17O3P. The normalized spacial score (nSPS) is 16.3. The maximum atomic E-state index is 13.6. The molecule has 1 aliphatic rings. The van der Waals surface area contributed by atoms with Gasteiger partial charge in [-0.3, -0.25) is 13.6 Å². The van der Waals surface area contributed by atoms with Crippen LogP contribution in [0.2, 0.25) is 0 Å². The Labute approximate surface area is 141 Å². The number of benzene rings is 3. The van der Waals surface area contributed by atoms with Crippen LogP contribution in [0.1, 0.15) is 16.7 Å². The summed E-state index contributed by atoms with van der Waals surface area (Å²) in [5, 5.41) is -0.977. The Bertz CT molecular complexity index is 758. The zero-order valence-corrected chi connectivity index (χ0v) is 13.9. The second-order valence-electron chi connectivity index (χ2n) is 5.68. The molecule has 1 heterocycles. The van der Waals surface area contributed by atoms with Crippen molar-refractivity contribution in [2.45, 2.75) is 5.16 Å². The first-order chi connectivity index (χ1) is 11.8. The van der Waals surface area contributed by atoms with Gasteiger partial charge in [0.2, 0.25) is 0 Å². The largest absolute Gasteiger partial charge is 0.354 e. The molecule has 0 amide bonds. The zero-order chi connectivity index (χ0) is 16.5. The van der Waals surface area contributed by atoms with Crippen LogP contribution in [0.4, 0.5) is 0 Å². The topological polar surface area (TPSA) is 35.5 Å². The third-order valence-electron chi connectivity index (χ3n) is 4.43. The molecule has 24 heavy (non-hydrogen) atoms. The van der Waals surface area contributed by atoms with Crippen LogP contribution in [0.15, 0.2) is 91.0 Å². The predicted molar refractivity (Wildman–Crippen MR) is 93.9 cm³/mol. The Morgan fingerprint density at radius 2 is 0.958 bits per heavy atom. The molecule has 0 aromatic heterocycles. The number of rotatable bonds is 4. The fraction of sp³-hybridized carbons (Fsp3) is 0.100. The van der Waals surface area contributed by atoms with Crippen LogP contribution in [-0.4, -0.2) is 6.79 Å². The lowest BCUT2D eigenvalue weighted by atomic mass is 9.84. The lowest BCUT2D eigenvalue weighted by molar-refractivity contribution is 0.000884. The smallest absolute Gasteiger partial charge is 0.279 e. The Kier molecular flexibility index (Phi) is 3.85. The second-order valence-corrected chi connectivity index (χ2v) is 7.86. The molecule has 4 rings (SSSR count). The second kappa shape index (κ2) is 6.03. The average Bonchev–Trinajstić information content (AvgIpc) is 2.64. The van der Waals surface area contributed by atoms with Gasteiger partial charge in [0.1, 0.15) is 5.16 Å². The summed E-state index contributed by atoms with van der Waals surface area (Å²) in [5.41, 5.74) is 2.68. The SMILES string of the molecule is O=P1(C(c2ccccc2)(c2ccccc2)c2ccccc2)OCO1. The molecule has 120 valence electrons. The zero-order valence-electron chi connectivity index (χ0n) is 13.0. The summed E-state index contributed by atoms with van der Waals surface area (Å²) in [6, 6.07) is 29.4. The van der Waals surface area contributed by atoms with Crippen LogP contribution in [0.3, 0.4) is 0 Å². The van der Waals surface area contributed by atoms with E-state index in [9.17, 15) is 4.57 Å². The van der Waals surface area contributed by atoms with Gasteiger partial charge >= 0.3 is 7.60 Å². The molecule has 0 spiro atoms. The van der Waals surface area contributed by atoms with Crippen molar-refractivity contribution < 1.29 is 13.6 Å². The highest BCUT2D eigenvalue weighted by atomic mass is 31.2. The van der Waals surface area contributed by atoms with Crippen molar-refractivity contribution in [1.82, 2.24) is 0 Å².